The molecule has 0 bridgehead atoms. The van der Waals surface area contributed by atoms with Crippen molar-refractivity contribution in [1.82, 2.24) is 10.3 Å². The first kappa shape index (κ1) is 10.0. The standard InChI is InChI=1S/C12H9FN2O2/c1-2-5-7-8(12(17)15-11(7)16)6-3-4-14-10(6)9(5)13/h3-4,14H,2H2,1H3,(H,15,16,17). The summed E-state index contributed by atoms with van der Waals surface area (Å²) in [4.78, 5) is 26.1. The molecule has 0 unspecified atom stereocenters. The largest absolute Gasteiger partial charge is 0.359 e. The number of imide groups is 1. The number of fused-ring (bicyclic) bond motifs is 3. The van der Waals surface area contributed by atoms with Crippen LogP contribution in [0.15, 0.2) is 12.3 Å². The van der Waals surface area contributed by atoms with E-state index in [0.717, 1.165) is 0 Å². The maximum Gasteiger partial charge on any atom is 0.259 e. The summed E-state index contributed by atoms with van der Waals surface area (Å²) in [5.74, 6) is -1.41. The summed E-state index contributed by atoms with van der Waals surface area (Å²) in [6.45, 7) is 1.75. The number of carbonyl (C=O) groups is 2. The zero-order valence-electron chi connectivity index (χ0n) is 9.06. The monoisotopic (exact) mass is 232 g/mol. The lowest BCUT2D eigenvalue weighted by Crippen LogP contribution is -2.20. The second kappa shape index (κ2) is 3.16. The average molecular weight is 232 g/mol. The molecule has 2 heterocycles. The van der Waals surface area contributed by atoms with E-state index in [9.17, 15) is 14.0 Å². The fourth-order valence-corrected chi connectivity index (χ4v) is 2.35. The molecule has 0 spiro atoms. The second-order valence-corrected chi connectivity index (χ2v) is 3.95. The summed E-state index contributed by atoms with van der Waals surface area (Å²) >= 11 is 0. The van der Waals surface area contributed by atoms with Crippen LogP contribution in [0.1, 0.15) is 33.2 Å². The molecule has 86 valence electrons. The van der Waals surface area contributed by atoms with Crippen LogP contribution in [-0.2, 0) is 6.42 Å². The van der Waals surface area contributed by atoms with Gasteiger partial charge in [-0.05, 0) is 12.5 Å². The van der Waals surface area contributed by atoms with Crippen LogP contribution >= 0.6 is 0 Å². The molecule has 1 aliphatic rings. The summed E-state index contributed by atoms with van der Waals surface area (Å²) in [5, 5.41) is 2.66. The van der Waals surface area contributed by atoms with Crippen LogP contribution in [-0.4, -0.2) is 16.8 Å². The van der Waals surface area contributed by atoms with Crippen molar-refractivity contribution in [2.24, 2.45) is 0 Å². The molecule has 1 aromatic carbocycles. The van der Waals surface area contributed by atoms with Crippen molar-refractivity contribution in [2.45, 2.75) is 13.3 Å². The van der Waals surface area contributed by atoms with Crippen molar-refractivity contribution in [1.29, 1.82) is 0 Å². The topological polar surface area (TPSA) is 62.0 Å². The van der Waals surface area contributed by atoms with Gasteiger partial charge in [0.1, 0.15) is 0 Å². The molecule has 1 aromatic heterocycles. The molecule has 1 aliphatic heterocycles. The van der Waals surface area contributed by atoms with Crippen LogP contribution in [0.2, 0.25) is 0 Å². The van der Waals surface area contributed by atoms with Gasteiger partial charge in [-0.25, -0.2) is 4.39 Å². The minimum atomic E-state index is -0.510. The normalized spacial score (nSPS) is 14.2. The van der Waals surface area contributed by atoms with Crippen molar-refractivity contribution in [3.63, 3.8) is 0 Å². The van der Waals surface area contributed by atoms with Gasteiger partial charge in [0.15, 0.2) is 5.82 Å². The SMILES string of the molecule is CCc1c2c(c3cc[nH]c3c1F)C(=O)NC2=O. The van der Waals surface area contributed by atoms with Crippen LogP contribution in [0.3, 0.4) is 0 Å². The zero-order chi connectivity index (χ0) is 12.2. The van der Waals surface area contributed by atoms with Gasteiger partial charge in [-0.3, -0.25) is 14.9 Å². The van der Waals surface area contributed by atoms with E-state index in [0.29, 0.717) is 17.4 Å². The molecule has 0 saturated carbocycles. The third-order valence-electron chi connectivity index (χ3n) is 3.09. The van der Waals surface area contributed by atoms with Crippen molar-refractivity contribution in [3.05, 3.63) is 34.8 Å². The maximum atomic E-state index is 14.1. The molecule has 0 aliphatic carbocycles. The number of hydrogen-bond acceptors (Lipinski definition) is 2. The maximum absolute atomic E-state index is 14.1. The fraction of sp³-hybridized carbons (Fsp3) is 0.167. The van der Waals surface area contributed by atoms with E-state index in [1.54, 1.807) is 19.2 Å². The summed E-state index contributed by atoms with van der Waals surface area (Å²) in [7, 11) is 0. The lowest BCUT2D eigenvalue weighted by Gasteiger charge is -2.06. The molecule has 0 atom stereocenters. The first-order valence-corrected chi connectivity index (χ1v) is 5.32. The highest BCUT2D eigenvalue weighted by Crippen LogP contribution is 2.32. The van der Waals surface area contributed by atoms with Crippen molar-refractivity contribution < 1.29 is 14.0 Å². The van der Waals surface area contributed by atoms with Crippen LogP contribution in [0.25, 0.3) is 10.9 Å². The van der Waals surface area contributed by atoms with E-state index in [1.165, 1.54) is 0 Å². The molecule has 3 rings (SSSR count). The zero-order valence-corrected chi connectivity index (χ0v) is 9.06. The first-order valence-electron chi connectivity index (χ1n) is 5.32. The average Bonchev–Trinajstić information content (AvgIpc) is 2.86. The van der Waals surface area contributed by atoms with Gasteiger partial charge in [0, 0.05) is 17.1 Å². The number of H-pyrrole nitrogens is 1. The molecular weight excluding hydrogens is 223 g/mol. The number of aromatic amines is 1. The Morgan fingerprint density at radius 1 is 1.24 bits per heavy atom. The lowest BCUT2D eigenvalue weighted by molar-refractivity contribution is 0.0880. The molecule has 2 amide bonds. The third-order valence-corrected chi connectivity index (χ3v) is 3.09. The molecule has 5 heteroatoms. The summed E-state index contributed by atoms with van der Waals surface area (Å²) in [6.07, 6.45) is 1.92. The lowest BCUT2D eigenvalue weighted by atomic mass is 9.96. The van der Waals surface area contributed by atoms with Crippen molar-refractivity contribution >= 4 is 22.7 Å². The highest BCUT2D eigenvalue weighted by molar-refractivity contribution is 6.27. The van der Waals surface area contributed by atoms with Gasteiger partial charge >= 0.3 is 0 Å². The van der Waals surface area contributed by atoms with Gasteiger partial charge in [0.2, 0.25) is 0 Å². The number of halogens is 1. The number of hydrogen-bond donors (Lipinski definition) is 2. The van der Waals surface area contributed by atoms with E-state index in [-0.39, 0.29) is 16.6 Å². The van der Waals surface area contributed by atoms with Crippen molar-refractivity contribution in [3.8, 4) is 0 Å². The predicted molar refractivity (Wildman–Crippen MR) is 59.4 cm³/mol. The number of nitrogens with one attached hydrogen (secondary N) is 2. The minimum Gasteiger partial charge on any atom is -0.359 e. The molecule has 4 nitrogen and oxygen atoms in total. The van der Waals surface area contributed by atoms with Gasteiger partial charge in [0.25, 0.3) is 11.8 Å². The first-order chi connectivity index (χ1) is 8.15. The molecule has 0 fully saturated rings. The molecule has 0 radical (unpaired) electrons. The number of benzene rings is 1. The van der Waals surface area contributed by atoms with Crippen molar-refractivity contribution in [2.75, 3.05) is 0 Å². The van der Waals surface area contributed by atoms with E-state index >= 15 is 0 Å². The van der Waals surface area contributed by atoms with Gasteiger partial charge < -0.3 is 4.98 Å². The van der Waals surface area contributed by atoms with Gasteiger partial charge in [-0.2, -0.15) is 0 Å². The predicted octanol–water partition coefficient (Wildman–Crippen LogP) is 1.75. The van der Waals surface area contributed by atoms with E-state index in [4.69, 9.17) is 0 Å². The summed E-state index contributed by atoms with van der Waals surface area (Å²) in [6, 6.07) is 1.61. The van der Waals surface area contributed by atoms with Gasteiger partial charge in [-0.15, -0.1) is 0 Å². The van der Waals surface area contributed by atoms with Gasteiger partial charge in [-0.1, -0.05) is 6.92 Å². The van der Waals surface area contributed by atoms with Crippen LogP contribution in [0.5, 0.6) is 0 Å². The fourth-order valence-electron chi connectivity index (χ4n) is 2.35. The molecule has 17 heavy (non-hydrogen) atoms. The summed E-state index contributed by atoms with van der Waals surface area (Å²) in [5.41, 5.74) is 1.04. The Morgan fingerprint density at radius 3 is 2.65 bits per heavy atom. The third kappa shape index (κ3) is 1.11. The number of amides is 2. The molecular formula is C12H9FN2O2. The second-order valence-electron chi connectivity index (χ2n) is 3.95. The molecule has 0 saturated heterocycles. The highest BCUT2D eigenvalue weighted by atomic mass is 19.1. The van der Waals surface area contributed by atoms with E-state index in [1.807, 2.05) is 0 Å². The van der Waals surface area contributed by atoms with E-state index < -0.39 is 17.6 Å². The quantitative estimate of drug-likeness (QED) is 0.736. The van der Waals surface area contributed by atoms with Gasteiger partial charge in [0.05, 0.1) is 16.6 Å². The number of aromatic nitrogens is 1. The minimum absolute atomic E-state index is 0.183. The Labute approximate surface area is 95.8 Å². The smallest absolute Gasteiger partial charge is 0.259 e. The Hall–Kier alpha value is -2.17. The van der Waals surface area contributed by atoms with Crippen LogP contribution in [0.4, 0.5) is 4.39 Å². The van der Waals surface area contributed by atoms with Crippen LogP contribution < -0.4 is 5.32 Å². The highest BCUT2D eigenvalue weighted by Gasteiger charge is 2.33. The van der Waals surface area contributed by atoms with Crippen LogP contribution in [0, 0.1) is 5.82 Å². The number of rotatable bonds is 1. The Morgan fingerprint density at radius 2 is 1.94 bits per heavy atom. The Bertz CT molecular complexity index is 673. The molecule has 2 aromatic rings. The number of carbonyl (C=O) groups excluding carboxylic acids is 2. The summed E-state index contributed by atoms with van der Waals surface area (Å²) < 4.78 is 14.1. The molecule has 2 N–H and O–H groups in total. The Kier molecular flexibility index (Phi) is 1.86. The Balaban J connectivity index is 2.56. The van der Waals surface area contributed by atoms with E-state index in [2.05, 4.69) is 10.3 Å².